The third-order valence-electron chi connectivity index (χ3n) is 3.75. The maximum absolute atomic E-state index is 14.1. The quantitative estimate of drug-likeness (QED) is 0.796. The number of rotatable bonds is 2. The Kier molecular flexibility index (Phi) is 3.94. The highest BCUT2D eigenvalue weighted by Gasteiger charge is 2.23. The van der Waals surface area contributed by atoms with Gasteiger partial charge in [0.1, 0.15) is 5.82 Å². The van der Waals surface area contributed by atoms with Gasteiger partial charge in [-0.25, -0.2) is 4.39 Å². The Morgan fingerprint density at radius 2 is 2.20 bits per heavy atom. The second-order valence-corrected chi connectivity index (χ2v) is 6.31. The third kappa shape index (κ3) is 2.81. The molecular weight excluding hydrogens is 321 g/mol. The number of benzene rings is 1. The Balaban J connectivity index is 1.92. The first-order valence-electron chi connectivity index (χ1n) is 6.82. The van der Waals surface area contributed by atoms with Gasteiger partial charge in [0.2, 0.25) is 0 Å². The molecule has 2 aliphatic rings. The van der Waals surface area contributed by atoms with Crippen LogP contribution in [0.5, 0.6) is 0 Å². The van der Waals surface area contributed by atoms with Crippen molar-refractivity contribution < 1.29 is 9.13 Å². The van der Waals surface area contributed by atoms with E-state index in [1.807, 2.05) is 12.1 Å². The molecule has 2 heterocycles. The minimum atomic E-state index is -0.178. The summed E-state index contributed by atoms with van der Waals surface area (Å²) in [6, 6.07) is 5.62. The van der Waals surface area contributed by atoms with Gasteiger partial charge in [0.15, 0.2) is 0 Å². The molecule has 1 saturated heterocycles. The molecule has 0 aliphatic carbocycles. The number of hydrogen-bond donors (Lipinski definition) is 0. The molecule has 2 nitrogen and oxygen atoms in total. The molecule has 0 saturated carbocycles. The molecule has 0 radical (unpaired) electrons. The lowest BCUT2D eigenvalue weighted by Gasteiger charge is -2.29. The highest BCUT2D eigenvalue weighted by atomic mass is 79.9. The van der Waals surface area contributed by atoms with Gasteiger partial charge in [-0.2, -0.15) is 0 Å². The maximum atomic E-state index is 14.1. The van der Waals surface area contributed by atoms with E-state index in [0.717, 1.165) is 36.1 Å². The van der Waals surface area contributed by atoms with Crippen LogP contribution in [0.2, 0.25) is 0 Å². The van der Waals surface area contributed by atoms with Crippen molar-refractivity contribution in [3.05, 3.63) is 52.0 Å². The second-order valence-electron chi connectivity index (χ2n) is 5.40. The summed E-state index contributed by atoms with van der Waals surface area (Å²) in [5.74, 6) is -0.178. The van der Waals surface area contributed by atoms with Crippen LogP contribution in [0, 0.1) is 5.82 Å². The fourth-order valence-corrected chi connectivity index (χ4v) is 3.08. The highest BCUT2D eigenvalue weighted by Crippen LogP contribution is 2.32. The zero-order valence-electron chi connectivity index (χ0n) is 11.4. The molecule has 0 aromatic heterocycles. The molecule has 0 N–H and O–H groups in total. The minimum absolute atomic E-state index is 0.178. The standard InChI is InChI=1S/C16H17BrFNO/c1-11-6-12(15-3-2-13(17)7-16(15)18)9-19(8-11)14-4-5-20-10-14/h2-3,7-9,14H,4-6,10H2,1H3. The van der Waals surface area contributed by atoms with E-state index in [9.17, 15) is 4.39 Å². The first-order valence-corrected chi connectivity index (χ1v) is 7.61. The maximum Gasteiger partial charge on any atom is 0.131 e. The van der Waals surface area contributed by atoms with E-state index in [1.165, 1.54) is 11.6 Å². The smallest absolute Gasteiger partial charge is 0.131 e. The van der Waals surface area contributed by atoms with Crippen LogP contribution in [-0.4, -0.2) is 24.2 Å². The summed E-state index contributed by atoms with van der Waals surface area (Å²) in [7, 11) is 0. The van der Waals surface area contributed by atoms with Gasteiger partial charge in [-0.15, -0.1) is 0 Å². The van der Waals surface area contributed by atoms with E-state index >= 15 is 0 Å². The normalized spacial score (nSPS) is 22.8. The fourth-order valence-electron chi connectivity index (χ4n) is 2.75. The Bertz CT molecular complexity index is 576. The lowest BCUT2D eigenvalue weighted by Crippen LogP contribution is -2.28. The van der Waals surface area contributed by atoms with E-state index in [-0.39, 0.29) is 5.82 Å². The molecule has 106 valence electrons. The van der Waals surface area contributed by atoms with E-state index in [4.69, 9.17) is 4.74 Å². The van der Waals surface area contributed by atoms with Crippen LogP contribution >= 0.6 is 15.9 Å². The van der Waals surface area contributed by atoms with E-state index in [0.29, 0.717) is 11.6 Å². The summed E-state index contributed by atoms with van der Waals surface area (Å²) >= 11 is 3.30. The van der Waals surface area contributed by atoms with Crippen LogP contribution in [0.15, 0.2) is 40.6 Å². The molecule has 1 fully saturated rings. The molecule has 4 heteroatoms. The molecular formula is C16H17BrFNO. The van der Waals surface area contributed by atoms with Gasteiger partial charge < -0.3 is 9.64 Å². The molecule has 1 aromatic carbocycles. The van der Waals surface area contributed by atoms with Gasteiger partial charge in [-0.05, 0) is 37.5 Å². The van der Waals surface area contributed by atoms with Crippen molar-refractivity contribution >= 4 is 21.5 Å². The van der Waals surface area contributed by atoms with Crippen molar-refractivity contribution in [3.8, 4) is 0 Å². The fraction of sp³-hybridized carbons (Fsp3) is 0.375. The van der Waals surface area contributed by atoms with Gasteiger partial charge in [-0.3, -0.25) is 0 Å². The summed E-state index contributed by atoms with van der Waals surface area (Å²) in [4.78, 5) is 2.18. The number of ether oxygens (including phenoxy) is 1. The van der Waals surface area contributed by atoms with Crippen molar-refractivity contribution in [2.75, 3.05) is 13.2 Å². The largest absolute Gasteiger partial charge is 0.379 e. The molecule has 0 spiro atoms. The molecule has 1 aromatic rings. The first kappa shape index (κ1) is 13.8. The Morgan fingerprint density at radius 3 is 2.90 bits per heavy atom. The number of halogens is 2. The highest BCUT2D eigenvalue weighted by molar-refractivity contribution is 9.10. The summed E-state index contributed by atoms with van der Waals surface area (Å²) in [6.07, 6.45) is 6.04. The molecule has 3 rings (SSSR count). The van der Waals surface area contributed by atoms with Gasteiger partial charge in [0.05, 0.1) is 12.6 Å². The SMILES string of the molecule is CC1=CN(C2CCOC2)C=C(c2ccc(Br)cc2F)C1. The summed E-state index contributed by atoms with van der Waals surface area (Å²) in [6.45, 7) is 3.65. The average molecular weight is 338 g/mol. The number of nitrogens with zero attached hydrogens (tertiary/aromatic N) is 1. The monoisotopic (exact) mass is 337 g/mol. The lowest BCUT2D eigenvalue weighted by atomic mass is 9.97. The summed E-state index contributed by atoms with van der Waals surface area (Å²) in [5.41, 5.74) is 2.96. The predicted octanol–water partition coefficient (Wildman–Crippen LogP) is 4.33. The van der Waals surface area contributed by atoms with Crippen LogP contribution in [0.1, 0.15) is 25.3 Å². The predicted molar refractivity (Wildman–Crippen MR) is 81.5 cm³/mol. The van der Waals surface area contributed by atoms with Crippen molar-refractivity contribution in [1.82, 2.24) is 4.90 Å². The van der Waals surface area contributed by atoms with Crippen LogP contribution < -0.4 is 0 Å². The molecule has 1 unspecified atom stereocenters. The Hall–Kier alpha value is -1.13. The Morgan fingerprint density at radius 1 is 1.35 bits per heavy atom. The van der Waals surface area contributed by atoms with Gasteiger partial charge in [0, 0.05) is 29.0 Å². The molecule has 0 bridgehead atoms. The van der Waals surface area contributed by atoms with Gasteiger partial charge in [-0.1, -0.05) is 27.6 Å². The van der Waals surface area contributed by atoms with Crippen LogP contribution in [-0.2, 0) is 4.74 Å². The van der Waals surface area contributed by atoms with Crippen LogP contribution in [0.4, 0.5) is 4.39 Å². The first-order chi connectivity index (χ1) is 9.63. The number of hydrogen-bond acceptors (Lipinski definition) is 2. The van der Waals surface area contributed by atoms with E-state index in [2.05, 4.69) is 40.2 Å². The van der Waals surface area contributed by atoms with Crippen LogP contribution in [0.25, 0.3) is 5.57 Å². The molecule has 2 aliphatic heterocycles. The second kappa shape index (κ2) is 5.70. The molecule has 0 amide bonds. The van der Waals surface area contributed by atoms with Gasteiger partial charge in [0.25, 0.3) is 0 Å². The topological polar surface area (TPSA) is 12.5 Å². The van der Waals surface area contributed by atoms with Crippen molar-refractivity contribution in [3.63, 3.8) is 0 Å². The average Bonchev–Trinajstić information content (AvgIpc) is 2.91. The zero-order valence-corrected chi connectivity index (χ0v) is 13.0. The van der Waals surface area contributed by atoms with Crippen LogP contribution in [0.3, 0.4) is 0 Å². The van der Waals surface area contributed by atoms with Crippen molar-refractivity contribution in [2.24, 2.45) is 0 Å². The summed E-state index contributed by atoms with van der Waals surface area (Å²) < 4.78 is 20.3. The number of allylic oxidation sites excluding steroid dienone is 2. The molecule has 1 atom stereocenters. The lowest BCUT2D eigenvalue weighted by molar-refractivity contribution is 0.178. The third-order valence-corrected chi connectivity index (χ3v) is 4.24. The Labute approximate surface area is 127 Å². The van der Waals surface area contributed by atoms with Gasteiger partial charge >= 0.3 is 0 Å². The molecule has 20 heavy (non-hydrogen) atoms. The van der Waals surface area contributed by atoms with E-state index in [1.54, 1.807) is 0 Å². The van der Waals surface area contributed by atoms with E-state index < -0.39 is 0 Å². The minimum Gasteiger partial charge on any atom is -0.379 e. The summed E-state index contributed by atoms with van der Waals surface area (Å²) in [5, 5.41) is 0. The van der Waals surface area contributed by atoms with Crippen molar-refractivity contribution in [1.29, 1.82) is 0 Å². The van der Waals surface area contributed by atoms with Crippen molar-refractivity contribution in [2.45, 2.75) is 25.8 Å². The zero-order chi connectivity index (χ0) is 14.1.